The molecule has 9 nitrogen and oxygen atoms in total. The Morgan fingerprint density at radius 1 is 1.32 bits per heavy atom. The standard InChI is InChI=1S/C10H9N5O4/c16-8(17)7-2-1-6(19-7)5-12-10(18)14-9-11-3-4-13-15-9/h1-4H,5H2,(H,16,17)(H2,11,12,14,15,18). The number of nitrogens with one attached hydrogen (secondary N) is 2. The fourth-order valence-corrected chi connectivity index (χ4v) is 1.21. The number of hydrogen-bond donors (Lipinski definition) is 3. The van der Waals surface area contributed by atoms with Crippen LogP contribution in [0.1, 0.15) is 16.3 Å². The highest BCUT2D eigenvalue weighted by molar-refractivity contribution is 5.87. The van der Waals surface area contributed by atoms with E-state index in [9.17, 15) is 9.59 Å². The fourth-order valence-electron chi connectivity index (χ4n) is 1.21. The third-order valence-corrected chi connectivity index (χ3v) is 2.00. The Morgan fingerprint density at radius 2 is 2.16 bits per heavy atom. The molecular formula is C10H9N5O4. The minimum absolute atomic E-state index is 0.0410. The zero-order valence-electron chi connectivity index (χ0n) is 9.53. The second kappa shape index (κ2) is 5.58. The summed E-state index contributed by atoms with van der Waals surface area (Å²) in [5, 5.41) is 20.6. The molecule has 9 heteroatoms. The Kier molecular flexibility index (Phi) is 3.67. The number of hydrogen-bond acceptors (Lipinski definition) is 6. The number of furan rings is 1. The van der Waals surface area contributed by atoms with Crippen molar-refractivity contribution in [2.24, 2.45) is 0 Å². The normalized spacial score (nSPS) is 9.89. The SMILES string of the molecule is O=C(NCc1ccc(C(=O)O)o1)Nc1nccnn1. The van der Waals surface area contributed by atoms with Crippen molar-refractivity contribution in [2.45, 2.75) is 6.54 Å². The zero-order chi connectivity index (χ0) is 13.7. The molecule has 2 rings (SSSR count). The highest BCUT2D eigenvalue weighted by Crippen LogP contribution is 2.07. The summed E-state index contributed by atoms with van der Waals surface area (Å²) in [6, 6.07) is 2.22. The molecule has 19 heavy (non-hydrogen) atoms. The van der Waals surface area contributed by atoms with E-state index in [0.29, 0.717) is 5.76 Å². The van der Waals surface area contributed by atoms with Crippen LogP contribution in [0.2, 0.25) is 0 Å². The summed E-state index contributed by atoms with van der Waals surface area (Å²) in [5.74, 6) is -0.974. The summed E-state index contributed by atoms with van der Waals surface area (Å²) >= 11 is 0. The van der Waals surface area contributed by atoms with Crippen LogP contribution in [0.25, 0.3) is 0 Å². The van der Waals surface area contributed by atoms with Crippen LogP contribution < -0.4 is 10.6 Å². The predicted octanol–water partition coefficient (Wildman–Crippen LogP) is 0.484. The van der Waals surface area contributed by atoms with Gasteiger partial charge in [-0.2, -0.15) is 5.10 Å². The molecule has 0 aromatic carbocycles. The summed E-state index contributed by atoms with van der Waals surface area (Å²) in [7, 11) is 0. The molecule has 3 N–H and O–H groups in total. The van der Waals surface area contributed by atoms with Crippen molar-refractivity contribution in [1.29, 1.82) is 0 Å². The number of carbonyl (C=O) groups is 2. The molecule has 98 valence electrons. The number of amides is 2. The second-order valence-electron chi connectivity index (χ2n) is 3.35. The van der Waals surface area contributed by atoms with Gasteiger partial charge >= 0.3 is 12.0 Å². The maximum Gasteiger partial charge on any atom is 0.371 e. The highest BCUT2D eigenvalue weighted by Gasteiger charge is 2.10. The predicted molar refractivity (Wildman–Crippen MR) is 61.4 cm³/mol. The first kappa shape index (κ1) is 12.5. The first-order chi connectivity index (χ1) is 9.15. The minimum atomic E-state index is -1.17. The number of carboxylic acids is 1. The maximum absolute atomic E-state index is 11.4. The lowest BCUT2D eigenvalue weighted by atomic mass is 10.4. The lowest BCUT2D eigenvalue weighted by Crippen LogP contribution is -2.28. The third kappa shape index (κ3) is 3.49. The van der Waals surface area contributed by atoms with Gasteiger partial charge in [-0.15, -0.1) is 5.10 Å². The first-order valence-electron chi connectivity index (χ1n) is 5.15. The topological polar surface area (TPSA) is 130 Å². The zero-order valence-corrected chi connectivity index (χ0v) is 9.53. The van der Waals surface area contributed by atoms with Gasteiger partial charge in [0.15, 0.2) is 0 Å². The van der Waals surface area contributed by atoms with E-state index in [-0.39, 0.29) is 18.3 Å². The Labute approximate surface area is 106 Å². The summed E-state index contributed by atoms with van der Waals surface area (Å²) < 4.78 is 4.96. The summed E-state index contributed by atoms with van der Waals surface area (Å²) in [6.45, 7) is 0.0410. The molecule has 0 bridgehead atoms. The molecule has 2 heterocycles. The van der Waals surface area contributed by atoms with Crippen molar-refractivity contribution in [3.8, 4) is 0 Å². The molecule has 2 amide bonds. The Bertz CT molecular complexity index is 583. The third-order valence-electron chi connectivity index (χ3n) is 2.00. The minimum Gasteiger partial charge on any atom is -0.475 e. The van der Waals surface area contributed by atoms with Crippen LogP contribution in [0, 0.1) is 0 Å². The second-order valence-corrected chi connectivity index (χ2v) is 3.35. The molecule has 0 aliphatic heterocycles. The van der Waals surface area contributed by atoms with Gasteiger partial charge in [0.2, 0.25) is 5.76 Å². The van der Waals surface area contributed by atoms with E-state index in [4.69, 9.17) is 9.52 Å². The smallest absolute Gasteiger partial charge is 0.371 e. The number of aromatic carboxylic acids is 1. The summed E-state index contributed by atoms with van der Waals surface area (Å²) in [4.78, 5) is 25.8. The van der Waals surface area contributed by atoms with Crippen molar-refractivity contribution in [3.63, 3.8) is 0 Å². The van der Waals surface area contributed by atoms with Crippen LogP contribution in [0.3, 0.4) is 0 Å². The van der Waals surface area contributed by atoms with E-state index >= 15 is 0 Å². The monoisotopic (exact) mass is 263 g/mol. The number of anilines is 1. The molecule has 0 spiro atoms. The number of carboxylic acid groups (broad SMARTS) is 1. The first-order valence-corrected chi connectivity index (χ1v) is 5.15. The Hall–Kier alpha value is -2.97. The molecule has 2 aromatic heterocycles. The average Bonchev–Trinajstić information content (AvgIpc) is 2.86. The quantitative estimate of drug-likeness (QED) is 0.731. The van der Waals surface area contributed by atoms with Crippen LogP contribution in [-0.4, -0.2) is 32.3 Å². The van der Waals surface area contributed by atoms with Gasteiger partial charge in [0.05, 0.1) is 18.9 Å². The lowest BCUT2D eigenvalue weighted by Gasteiger charge is -2.03. The highest BCUT2D eigenvalue weighted by atomic mass is 16.4. The van der Waals surface area contributed by atoms with Crippen molar-refractivity contribution in [1.82, 2.24) is 20.5 Å². The van der Waals surface area contributed by atoms with E-state index in [2.05, 4.69) is 25.8 Å². The van der Waals surface area contributed by atoms with Crippen molar-refractivity contribution in [2.75, 3.05) is 5.32 Å². The number of rotatable bonds is 4. The molecular weight excluding hydrogens is 254 g/mol. The lowest BCUT2D eigenvalue weighted by molar-refractivity contribution is 0.0660. The molecule has 0 unspecified atom stereocenters. The molecule has 0 aliphatic rings. The molecule has 0 radical (unpaired) electrons. The summed E-state index contributed by atoms with van der Waals surface area (Å²) in [6.07, 6.45) is 2.76. The number of urea groups is 1. The Balaban J connectivity index is 1.84. The van der Waals surface area contributed by atoms with Gasteiger partial charge in [-0.1, -0.05) is 0 Å². The van der Waals surface area contributed by atoms with Gasteiger partial charge < -0.3 is 14.8 Å². The van der Waals surface area contributed by atoms with E-state index in [1.165, 1.54) is 24.5 Å². The molecule has 0 saturated heterocycles. The largest absolute Gasteiger partial charge is 0.475 e. The summed E-state index contributed by atoms with van der Waals surface area (Å²) in [5.41, 5.74) is 0. The average molecular weight is 263 g/mol. The van der Waals surface area contributed by atoms with Crippen LogP contribution >= 0.6 is 0 Å². The van der Waals surface area contributed by atoms with Crippen LogP contribution in [0.15, 0.2) is 28.9 Å². The van der Waals surface area contributed by atoms with Gasteiger partial charge in [-0.05, 0) is 12.1 Å². The Morgan fingerprint density at radius 3 is 2.79 bits per heavy atom. The van der Waals surface area contributed by atoms with Crippen molar-refractivity contribution in [3.05, 3.63) is 36.0 Å². The van der Waals surface area contributed by atoms with Crippen LogP contribution in [-0.2, 0) is 6.54 Å². The van der Waals surface area contributed by atoms with Gasteiger partial charge in [0.1, 0.15) is 5.76 Å². The fraction of sp³-hybridized carbons (Fsp3) is 0.100. The van der Waals surface area contributed by atoms with E-state index in [0.717, 1.165) is 0 Å². The van der Waals surface area contributed by atoms with Gasteiger partial charge in [-0.25, -0.2) is 14.6 Å². The van der Waals surface area contributed by atoms with Crippen LogP contribution in [0.4, 0.5) is 10.7 Å². The van der Waals surface area contributed by atoms with Crippen molar-refractivity contribution < 1.29 is 19.1 Å². The van der Waals surface area contributed by atoms with E-state index in [1.54, 1.807) is 0 Å². The number of nitrogens with zero attached hydrogens (tertiary/aromatic N) is 3. The molecule has 0 fully saturated rings. The van der Waals surface area contributed by atoms with Gasteiger partial charge in [0.25, 0.3) is 5.95 Å². The van der Waals surface area contributed by atoms with E-state index in [1.807, 2.05) is 0 Å². The van der Waals surface area contributed by atoms with E-state index < -0.39 is 12.0 Å². The molecule has 0 saturated carbocycles. The molecule has 0 atom stereocenters. The molecule has 2 aromatic rings. The van der Waals surface area contributed by atoms with Gasteiger partial charge in [-0.3, -0.25) is 5.32 Å². The van der Waals surface area contributed by atoms with Crippen LogP contribution in [0.5, 0.6) is 0 Å². The maximum atomic E-state index is 11.4. The van der Waals surface area contributed by atoms with Crippen molar-refractivity contribution >= 4 is 17.9 Å². The number of aromatic nitrogens is 3. The number of carbonyl (C=O) groups excluding carboxylic acids is 1. The molecule has 0 aliphatic carbocycles. The van der Waals surface area contributed by atoms with Gasteiger partial charge in [0, 0.05) is 0 Å².